The quantitative estimate of drug-likeness (QED) is 0.902. The Morgan fingerprint density at radius 2 is 1.73 bits per heavy atom. The molecular formula is C18H28N2O2. The summed E-state index contributed by atoms with van der Waals surface area (Å²) < 4.78 is 5.57. The number of carbonyl (C=O) groups is 1. The molecule has 0 aromatic heterocycles. The SMILES string of the molecule is CCC(CC)C(=O)Nc1ccc(N2C(C)COCC2C)cc1. The van der Waals surface area contributed by atoms with Crippen LogP contribution in [0.4, 0.5) is 11.4 Å². The summed E-state index contributed by atoms with van der Waals surface area (Å²) in [6.45, 7) is 9.99. The van der Waals surface area contributed by atoms with Gasteiger partial charge < -0.3 is 15.0 Å². The van der Waals surface area contributed by atoms with Crippen molar-refractivity contribution in [1.82, 2.24) is 0 Å². The molecular weight excluding hydrogens is 276 g/mol. The molecule has 0 aliphatic carbocycles. The molecule has 2 atom stereocenters. The fraction of sp³-hybridized carbons (Fsp3) is 0.611. The van der Waals surface area contributed by atoms with Gasteiger partial charge in [0.2, 0.25) is 5.91 Å². The minimum Gasteiger partial charge on any atom is -0.377 e. The smallest absolute Gasteiger partial charge is 0.227 e. The third kappa shape index (κ3) is 3.80. The van der Waals surface area contributed by atoms with Gasteiger partial charge in [0.25, 0.3) is 0 Å². The Morgan fingerprint density at radius 3 is 2.23 bits per heavy atom. The standard InChI is InChI=1S/C18H28N2O2/c1-5-15(6-2)18(21)19-16-7-9-17(10-8-16)20-13(3)11-22-12-14(20)4/h7-10,13-15H,5-6,11-12H2,1-4H3,(H,19,21). The minimum atomic E-state index is 0.0963. The average Bonchev–Trinajstić information content (AvgIpc) is 2.50. The van der Waals surface area contributed by atoms with Crippen molar-refractivity contribution in [3.63, 3.8) is 0 Å². The number of hydrogen-bond acceptors (Lipinski definition) is 3. The lowest BCUT2D eigenvalue weighted by atomic mass is 10.0. The summed E-state index contributed by atoms with van der Waals surface area (Å²) in [7, 11) is 0. The molecule has 4 nitrogen and oxygen atoms in total. The molecule has 0 spiro atoms. The van der Waals surface area contributed by atoms with Crippen LogP contribution in [0, 0.1) is 5.92 Å². The Labute approximate surface area is 133 Å². The number of hydrogen-bond donors (Lipinski definition) is 1. The number of morpholine rings is 1. The summed E-state index contributed by atoms with van der Waals surface area (Å²) in [6.07, 6.45) is 1.76. The highest BCUT2D eigenvalue weighted by atomic mass is 16.5. The maximum atomic E-state index is 12.1. The number of nitrogens with zero attached hydrogens (tertiary/aromatic N) is 1. The minimum absolute atomic E-state index is 0.0963. The van der Waals surface area contributed by atoms with Gasteiger partial charge in [0.15, 0.2) is 0 Å². The number of amides is 1. The van der Waals surface area contributed by atoms with E-state index in [4.69, 9.17) is 4.74 Å². The Bertz CT molecular complexity index is 472. The van der Waals surface area contributed by atoms with Crippen molar-refractivity contribution in [1.29, 1.82) is 0 Å². The van der Waals surface area contributed by atoms with Gasteiger partial charge in [-0.05, 0) is 51.0 Å². The summed E-state index contributed by atoms with van der Waals surface area (Å²) >= 11 is 0. The van der Waals surface area contributed by atoms with Gasteiger partial charge in [-0.25, -0.2) is 0 Å². The number of ether oxygens (including phenoxy) is 1. The van der Waals surface area contributed by atoms with Gasteiger partial charge >= 0.3 is 0 Å². The molecule has 2 unspecified atom stereocenters. The summed E-state index contributed by atoms with van der Waals surface area (Å²) in [4.78, 5) is 14.5. The molecule has 1 fully saturated rings. The first-order valence-electron chi connectivity index (χ1n) is 8.33. The molecule has 1 aliphatic heterocycles. The highest BCUT2D eigenvalue weighted by Gasteiger charge is 2.25. The number of benzene rings is 1. The molecule has 4 heteroatoms. The number of rotatable bonds is 5. The summed E-state index contributed by atoms with van der Waals surface area (Å²) in [6, 6.07) is 8.89. The third-order valence-electron chi connectivity index (χ3n) is 4.46. The first-order valence-corrected chi connectivity index (χ1v) is 8.33. The van der Waals surface area contributed by atoms with Crippen molar-refractivity contribution >= 4 is 17.3 Å². The van der Waals surface area contributed by atoms with Crippen LogP contribution in [-0.4, -0.2) is 31.2 Å². The Balaban J connectivity index is 2.05. The van der Waals surface area contributed by atoms with Crippen LogP contribution in [0.1, 0.15) is 40.5 Å². The number of nitrogens with one attached hydrogen (secondary N) is 1. The van der Waals surface area contributed by atoms with E-state index in [1.165, 1.54) is 5.69 Å². The van der Waals surface area contributed by atoms with E-state index in [1.54, 1.807) is 0 Å². The van der Waals surface area contributed by atoms with Gasteiger partial charge in [-0.1, -0.05) is 13.8 Å². The molecule has 1 saturated heterocycles. The molecule has 1 aromatic rings. The van der Waals surface area contributed by atoms with Crippen LogP contribution in [0.25, 0.3) is 0 Å². The molecule has 0 bridgehead atoms. The predicted octanol–water partition coefficient (Wildman–Crippen LogP) is 3.67. The van der Waals surface area contributed by atoms with E-state index in [9.17, 15) is 4.79 Å². The van der Waals surface area contributed by atoms with Crippen LogP contribution in [-0.2, 0) is 9.53 Å². The van der Waals surface area contributed by atoms with E-state index in [1.807, 2.05) is 12.1 Å². The van der Waals surface area contributed by atoms with E-state index in [0.29, 0.717) is 12.1 Å². The molecule has 2 rings (SSSR count). The molecule has 122 valence electrons. The van der Waals surface area contributed by atoms with E-state index >= 15 is 0 Å². The van der Waals surface area contributed by atoms with Crippen LogP contribution in [0.5, 0.6) is 0 Å². The van der Waals surface area contributed by atoms with Crippen LogP contribution < -0.4 is 10.2 Å². The topological polar surface area (TPSA) is 41.6 Å². The molecule has 1 N–H and O–H groups in total. The normalized spacial score (nSPS) is 22.0. The third-order valence-corrected chi connectivity index (χ3v) is 4.46. The number of anilines is 2. The van der Waals surface area contributed by atoms with Crippen molar-refractivity contribution in [3.05, 3.63) is 24.3 Å². The zero-order valence-corrected chi connectivity index (χ0v) is 14.1. The second-order valence-electron chi connectivity index (χ2n) is 6.19. The Morgan fingerprint density at radius 1 is 1.18 bits per heavy atom. The number of carbonyl (C=O) groups excluding carboxylic acids is 1. The molecule has 1 aliphatic rings. The molecule has 22 heavy (non-hydrogen) atoms. The van der Waals surface area contributed by atoms with Crippen molar-refractivity contribution in [2.75, 3.05) is 23.4 Å². The lowest BCUT2D eigenvalue weighted by Gasteiger charge is -2.40. The van der Waals surface area contributed by atoms with Crippen LogP contribution in [0.3, 0.4) is 0 Å². The molecule has 1 amide bonds. The fourth-order valence-electron chi connectivity index (χ4n) is 3.13. The monoisotopic (exact) mass is 304 g/mol. The fourth-order valence-corrected chi connectivity index (χ4v) is 3.13. The van der Waals surface area contributed by atoms with Crippen LogP contribution >= 0.6 is 0 Å². The highest BCUT2D eigenvalue weighted by molar-refractivity contribution is 5.92. The van der Waals surface area contributed by atoms with Gasteiger partial charge in [-0.3, -0.25) is 4.79 Å². The lowest BCUT2D eigenvalue weighted by Crippen LogP contribution is -2.49. The van der Waals surface area contributed by atoms with E-state index in [2.05, 4.69) is 50.0 Å². The lowest BCUT2D eigenvalue weighted by molar-refractivity contribution is -0.120. The second kappa shape index (κ2) is 7.63. The van der Waals surface area contributed by atoms with Crippen molar-refractivity contribution in [2.45, 2.75) is 52.6 Å². The molecule has 0 radical (unpaired) electrons. The van der Waals surface area contributed by atoms with Gasteiger partial charge in [0.1, 0.15) is 0 Å². The zero-order chi connectivity index (χ0) is 16.1. The van der Waals surface area contributed by atoms with Gasteiger partial charge in [-0.15, -0.1) is 0 Å². The largest absolute Gasteiger partial charge is 0.377 e. The Hall–Kier alpha value is -1.55. The predicted molar refractivity (Wildman–Crippen MR) is 91.4 cm³/mol. The second-order valence-corrected chi connectivity index (χ2v) is 6.19. The van der Waals surface area contributed by atoms with Crippen molar-refractivity contribution in [3.8, 4) is 0 Å². The van der Waals surface area contributed by atoms with Crippen LogP contribution in [0.15, 0.2) is 24.3 Å². The van der Waals surface area contributed by atoms with Gasteiger partial charge in [0, 0.05) is 29.4 Å². The van der Waals surface area contributed by atoms with E-state index < -0.39 is 0 Å². The maximum absolute atomic E-state index is 12.1. The summed E-state index contributed by atoms with van der Waals surface area (Å²) in [5.41, 5.74) is 2.05. The summed E-state index contributed by atoms with van der Waals surface area (Å²) in [5, 5.41) is 3.01. The molecule has 0 saturated carbocycles. The average molecular weight is 304 g/mol. The molecule has 1 aromatic carbocycles. The van der Waals surface area contributed by atoms with Crippen LogP contribution in [0.2, 0.25) is 0 Å². The molecule has 1 heterocycles. The van der Waals surface area contributed by atoms with Gasteiger partial charge in [0.05, 0.1) is 13.2 Å². The Kier molecular flexibility index (Phi) is 5.83. The van der Waals surface area contributed by atoms with E-state index in [-0.39, 0.29) is 11.8 Å². The maximum Gasteiger partial charge on any atom is 0.227 e. The highest BCUT2D eigenvalue weighted by Crippen LogP contribution is 2.25. The summed E-state index contributed by atoms with van der Waals surface area (Å²) in [5.74, 6) is 0.213. The van der Waals surface area contributed by atoms with Crippen molar-refractivity contribution in [2.24, 2.45) is 5.92 Å². The van der Waals surface area contributed by atoms with Gasteiger partial charge in [-0.2, -0.15) is 0 Å². The zero-order valence-electron chi connectivity index (χ0n) is 14.1. The first-order chi connectivity index (χ1) is 10.6. The van der Waals surface area contributed by atoms with E-state index in [0.717, 1.165) is 31.7 Å². The van der Waals surface area contributed by atoms with Crippen molar-refractivity contribution < 1.29 is 9.53 Å². The first kappa shape index (κ1) is 16.8.